The second kappa shape index (κ2) is 4.99. The van der Waals surface area contributed by atoms with Crippen molar-refractivity contribution in [3.63, 3.8) is 0 Å². The van der Waals surface area contributed by atoms with E-state index in [1.54, 1.807) is 29.5 Å². The molecule has 18 heavy (non-hydrogen) atoms. The predicted molar refractivity (Wildman–Crippen MR) is 77.0 cm³/mol. The largest absolute Gasteiger partial charge is 0.324 e. The van der Waals surface area contributed by atoms with Gasteiger partial charge >= 0.3 is 0 Å². The highest BCUT2D eigenvalue weighted by Gasteiger charge is 2.14. The molecule has 4 nitrogen and oxygen atoms in total. The van der Waals surface area contributed by atoms with Crippen LogP contribution in [0.2, 0.25) is 0 Å². The molecule has 0 aliphatic carbocycles. The van der Waals surface area contributed by atoms with Crippen LogP contribution < -0.4 is 10.0 Å². The predicted octanol–water partition coefficient (Wildman–Crippen LogP) is 3.03. The highest BCUT2D eigenvalue weighted by atomic mass is 32.2. The number of aryl methyl sites for hydroxylation is 1. The van der Waals surface area contributed by atoms with Crippen molar-refractivity contribution in [3.8, 4) is 0 Å². The summed E-state index contributed by atoms with van der Waals surface area (Å²) in [6.45, 7) is 2.70. The fourth-order valence-corrected chi connectivity index (χ4v) is 3.01. The third-order valence-electron chi connectivity index (χ3n) is 2.59. The first-order valence-corrected chi connectivity index (χ1v) is 7.25. The van der Waals surface area contributed by atoms with E-state index in [1.807, 2.05) is 5.38 Å². The molecule has 3 rings (SSSR count). The second-order valence-corrected chi connectivity index (χ2v) is 5.70. The Balaban J connectivity index is 1.78. The Morgan fingerprint density at radius 2 is 2.33 bits per heavy atom. The summed E-state index contributed by atoms with van der Waals surface area (Å²) in [6, 6.07) is 6.24. The van der Waals surface area contributed by atoms with E-state index in [1.165, 1.54) is 10.5 Å². The number of aromatic nitrogens is 1. The molecule has 2 aromatic rings. The molecule has 0 bridgehead atoms. The molecule has 1 aromatic heterocycles. The van der Waals surface area contributed by atoms with Gasteiger partial charge in [-0.05, 0) is 30.5 Å². The van der Waals surface area contributed by atoms with Crippen LogP contribution in [-0.4, -0.2) is 10.9 Å². The Bertz CT molecular complexity index is 578. The molecule has 0 radical (unpaired) electrons. The van der Waals surface area contributed by atoms with Crippen LogP contribution in [0.1, 0.15) is 10.6 Å². The summed E-state index contributed by atoms with van der Waals surface area (Å²) in [4.78, 5) is 9.90. The van der Waals surface area contributed by atoms with Gasteiger partial charge in [0, 0.05) is 11.6 Å². The molecule has 2 heterocycles. The van der Waals surface area contributed by atoms with Gasteiger partial charge in [0.2, 0.25) is 5.96 Å². The van der Waals surface area contributed by atoms with Crippen molar-refractivity contribution in [2.24, 2.45) is 4.99 Å². The van der Waals surface area contributed by atoms with Gasteiger partial charge in [-0.2, -0.15) is 0 Å². The maximum atomic E-state index is 4.49. The molecule has 6 heteroatoms. The molecule has 0 atom stereocenters. The summed E-state index contributed by atoms with van der Waals surface area (Å²) < 4.78 is 3.20. The lowest BCUT2D eigenvalue weighted by Gasteiger charge is -2.21. The molecule has 0 unspecified atom stereocenters. The lowest BCUT2D eigenvalue weighted by Crippen LogP contribution is -2.29. The monoisotopic (exact) mass is 276 g/mol. The average molecular weight is 276 g/mol. The first-order chi connectivity index (χ1) is 8.83. The van der Waals surface area contributed by atoms with Crippen LogP contribution in [-0.2, 0) is 6.54 Å². The summed E-state index contributed by atoms with van der Waals surface area (Å²) in [6.07, 6.45) is 1.80. The Hall–Kier alpha value is -1.53. The van der Waals surface area contributed by atoms with E-state index in [9.17, 15) is 0 Å². The normalized spacial score (nSPS) is 15.9. The van der Waals surface area contributed by atoms with Gasteiger partial charge < -0.3 is 5.32 Å². The molecule has 0 saturated heterocycles. The highest BCUT2D eigenvalue weighted by Crippen LogP contribution is 2.31. The number of aliphatic imine (C=N–C) groups is 1. The number of rotatable bonds is 2. The molecule has 0 fully saturated rings. The molecule has 1 aliphatic rings. The van der Waals surface area contributed by atoms with Crippen molar-refractivity contribution in [2.45, 2.75) is 18.4 Å². The number of fused-ring (bicyclic) bond motifs is 1. The number of para-hydroxylation sites is 1. The van der Waals surface area contributed by atoms with Crippen LogP contribution in [0.5, 0.6) is 0 Å². The molecule has 1 aromatic carbocycles. The maximum absolute atomic E-state index is 4.49. The van der Waals surface area contributed by atoms with Gasteiger partial charge in [-0.25, -0.2) is 9.98 Å². The van der Waals surface area contributed by atoms with Crippen LogP contribution >= 0.6 is 23.3 Å². The molecular formula is C12H12N4S2. The minimum Gasteiger partial charge on any atom is -0.324 e. The standard InChI is InChI=1S/C12H12N4S2/c1-8-3-2-4-9-11(8)15-12(16-18-9)14-7-10-13-5-6-17-10/h2-6H,7H2,1H3,(H2,14,15,16). The minimum absolute atomic E-state index is 0.606. The number of anilines is 1. The molecule has 0 spiro atoms. The quantitative estimate of drug-likeness (QED) is 0.828. The van der Waals surface area contributed by atoms with Crippen molar-refractivity contribution in [1.29, 1.82) is 0 Å². The summed E-state index contributed by atoms with van der Waals surface area (Å²) in [5, 5.41) is 6.31. The van der Waals surface area contributed by atoms with Crippen molar-refractivity contribution < 1.29 is 0 Å². The molecule has 2 N–H and O–H groups in total. The van der Waals surface area contributed by atoms with Crippen molar-refractivity contribution >= 4 is 34.9 Å². The van der Waals surface area contributed by atoms with Crippen LogP contribution in [0.25, 0.3) is 0 Å². The van der Waals surface area contributed by atoms with E-state index in [0.29, 0.717) is 6.54 Å². The van der Waals surface area contributed by atoms with Crippen LogP contribution in [0.4, 0.5) is 5.69 Å². The average Bonchev–Trinajstić information content (AvgIpc) is 2.90. The highest BCUT2D eigenvalue weighted by molar-refractivity contribution is 7.98. The first kappa shape index (κ1) is 11.6. The molecule has 1 aliphatic heterocycles. The lowest BCUT2D eigenvalue weighted by molar-refractivity contribution is 1.02. The van der Waals surface area contributed by atoms with E-state index in [4.69, 9.17) is 0 Å². The van der Waals surface area contributed by atoms with Crippen LogP contribution in [0.15, 0.2) is 39.7 Å². The smallest absolute Gasteiger partial charge is 0.206 e. The van der Waals surface area contributed by atoms with Gasteiger partial charge in [0.05, 0.1) is 17.1 Å². The molecular weight excluding hydrogens is 264 g/mol. The van der Waals surface area contributed by atoms with Crippen molar-refractivity contribution in [1.82, 2.24) is 9.71 Å². The van der Waals surface area contributed by atoms with Gasteiger partial charge in [-0.3, -0.25) is 4.72 Å². The second-order valence-electron chi connectivity index (χ2n) is 3.87. The number of benzene rings is 1. The zero-order valence-electron chi connectivity index (χ0n) is 9.80. The van der Waals surface area contributed by atoms with E-state index in [2.05, 4.69) is 45.1 Å². The molecule has 0 saturated carbocycles. The van der Waals surface area contributed by atoms with Crippen molar-refractivity contribution in [3.05, 3.63) is 40.3 Å². The Morgan fingerprint density at radius 3 is 3.17 bits per heavy atom. The number of guanidine groups is 1. The zero-order chi connectivity index (χ0) is 12.4. The molecule has 92 valence electrons. The first-order valence-electron chi connectivity index (χ1n) is 5.55. The number of hydrogen-bond acceptors (Lipinski definition) is 4. The topological polar surface area (TPSA) is 49.3 Å². The van der Waals surface area contributed by atoms with Crippen LogP contribution in [0, 0.1) is 6.92 Å². The summed E-state index contributed by atoms with van der Waals surface area (Å²) in [7, 11) is 0. The van der Waals surface area contributed by atoms with Gasteiger partial charge in [-0.1, -0.05) is 12.1 Å². The molecule has 0 amide bonds. The number of thiazole rings is 1. The SMILES string of the molecule is Cc1cccc2c1NC(=NCc1nccs1)NS2. The zero-order valence-corrected chi connectivity index (χ0v) is 11.4. The van der Waals surface area contributed by atoms with Gasteiger partial charge in [0.15, 0.2) is 0 Å². The van der Waals surface area contributed by atoms with Crippen molar-refractivity contribution in [2.75, 3.05) is 5.32 Å². The van der Waals surface area contributed by atoms with Gasteiger partial charge in [0.1, 0.15) is 5.01 Å². The van der Waals surface area contributed by atoms with E-state index in [-0.39, 0.29) is 0 Å². The fourth-order valence-electron chi connectivity index (χ4n) is 1.68. The number of nitrogens with zero attached hydrogens (tertiary/aromatic N) is 2. The van der Waals surface area contributed by atoms with Crippen LogP contribution in [0.3, 0.4) is 0 Å². The van der Waals surface area contributed by atoms with Gasteiger partial charge in [0.25, 0.3) is 0 Å². The van der Waals surface area contributed by atoms with Gasteiger partial charge in [-0.15, -0.1) is 11.3 Å². The third-order valence-corrected chi connectivity index (χ3v) is 4.21. The fraction of sp³-hybridized carbons (Fsp3) is 0.167. The van der Waals surface area contributed by atoms with E-state index in [0.717, 1.165) is 16.7 Å². The maximum Gasteiger partial charge on any atom is 0.206 e. The van der Waals surface area contributed by atoms with E-state index >= 15 is 0 Å². The summed E-state index contributed by atoms with van der Waals surface area (Å²) in [5.41, 5.74) is 2.36. The number of hydrogen-bond donors (Lipinski definition) is 2. The Morgan fingerprint density at radius 1 is 1.39 bits per heavy atom. The minimum atomic E-state index is 0.606. The lowest BCUT2D eigenvalue weighted by atomic mass is 10.2. The van der Waals surface area contributed by atoms with E-state index < -0.39 is 0 Å². The summed E-state index contributed by atoms with van der Waals surface area (Å²) in [5.74, 6) is 0.789. The Kier molecular flexibility index (Phi) is 3.21. The third kappa shape index (κ3) is 2.34. The summed E-state index contributed by atoms with van der Waals surface area (Å²) >= 11 is 3.21. The number of nitrogens with one attached hydrogen (secondary N) is 2. The Labute approximate surface area is 114 Å².